The second-order valence-corrected chi connectivity index (χ2v) is 7.45. The van der Waals surface area contributed by atoms with Crippen LogP contribution >= 0.6 is 0 Å². The van der Waals surface area contributed by atoms with Crippen LogP contribution in [0, 0.1) is 0 Å². The Balaban J connectivity index is 1.39. The number of fused-ring (bicyclic) bond motifs is 3. The van der Waals surface area contributed by atoms with E-state index in [0.29, 0.717) is 34.6 Å². The number of para-hydroxylation sites is 1. The van der Waals surface area contributed by atoms with E-state index in [1.165, 1.54) is 0 Å². The highest BCUT2D eigenvalue weighted by atomic mass is 16.5. The van der Waals surface area contributed by atoms with Gasteiger partial charge < -0.3 is 9.30 Å². The van der Waals surface area contributed by atoms with Crippen molar-refractivity contribution < 1.29 is 9.53 Å². The van der Waals surface area contributed by atoms with Crippen molar-refractivity contribution in [2.24, 2.45) is 0 Å². The van der Waals surface area contributed by atoms with Crippen LogP contribution in [0.2, 0.25) is 0 Å². The first kappa shape index (κ1) is 19.7. The monoisotopic (exact) mass is 427 g/mol. The van der Waals surface area contributed by atoms with E-state index in [0.717, 1.165) is 12.1 Å². The number of nitrogens with zero attached hydrogens (tertiary/aromatic N) is 5. The average molecular weight is 427 g/mol. The predicted molar refractivity (Wildman–Crippen MR) is 120 cm³/mol. The summed E-state index contributed by atoms with van der Waals surface area (Å²) in [7, 11) is 0. The molecule has 0 saturated heterocycles. The number of ether oxygens (including phenoxy) is 1. The standard InChI is InChI=1S/C24H21N5O3/c1-2-28-22(30)19-7-3-4-8-20(19)29-21(25-26-24(28)29)16-32-23(31)18-11-9-17(10-12-18)15-27-13-5-6-14-27/h3-14H,2,15-16H2,1H3. The third-order valence-corrected chi connectivity index (χ3v) is 5.44. The summed E-state index contributed by atoms with van der Waals surface area (Å²) < 4.78 is 10.9. The molecular formula is C24H21N5O3. The van der Waals surface area contributed by atoms with E-state index < -0.39 is 5.97 Å². The van der Waals surface area contributed by atoms with Gasteiger partial charge in [-0.1, -0.05) is 24.3 Å². The lowest BCUT2D eigenvalue weighted by molar-refractivity contribution is 0.0461. The highest BCUT2D eigenvalue weighted by Crippen LogP contribution is 2.16. The molecule has 0 aliphatic rings. The molecular weight excluding hydrogens is 406 g/mol. The van der Waals surface area contributed by atoms with Gasteiger partial charge >= 0.3 is 5.97 Å². The molecule has 5 aromatic rings. The van der Waals surface area contributed by atoms with E-state index in [4.69, 9.17) is 4.74 Å². The molecule has 0 N–H and O–H groups in total. The number of benzene rings is 2. The zero-order valence-electron chi connectivity index (χ0n) is 17.5. The van der Waals surface area contributed by atoms with Gasteiger partial charge in [-0.05, 0) is 48.9 Å². The van der Waals surface area contributed by atoms with Crippen LogP contribution in [0.3, 0.4) is 0 Å². The molecule has 0 bridgehead atoms. The van der Waals surface area contributed by atoms with Crippen molar-refractivity contribution in [3.63, 3.8) is 0 Å². The number of aromatic nitrogens is 5. The second-order valence-electron chi connectivity index (χ2n) is 7.45. The molecule has 0 spiro atoms. The molecule has 0 radical (unpaired) electrons. The first-order valence-corrected chi connectivity index (χ1v) is 10.4. The van der Waals surface area contributed by atoms with E-state index in [1.807, 2.05) is 61.8 Å². The van der Waals surface area contributed by atoms with E-state index >= 15 is 0 Å². The number of hydrogen-bond donors (Lipinski definition) is 0. The molecule has 8 heteroatoms. The van der Waals surface area contributed by atoms with Gasteiger partial charge in [-0.3, -0.25) is 13.8 Å². The highest BCUT2D eigenvalue weighted by Gasteiger charge is 2.17. The summed E-state index contributed by atoms with van der Waals surface area (Å²) in [6, 6.07) is 18.6. The minimum atomic E-state index is -0.442. The summed E-state index contributed by atoms with van der Waals surface area (Å²) in [4.78, 5) is 25.4. The number of carbonyl (C=O) groups excluding carboxylic acids is 1. The number of rotatable bonds is 6. The van der Waals surface area contributed by atoms with Gasteiger partial charge in [0.2, 0.25) is 5.78 Å². The van der Waals surface area contributed by atoms with Gasteiger partial charge in [-0.2, -0.15) is 0 Å². The van der Waals surface area contributed by atoms with Gasteiger partial charge in [0, 0.05) is 25.5 Å². The average Bonchev–Trinajstić information content (AvgIpc) is 3.48. The molecule has 5 rings (SSSR count). The maximum atomic E-state index is 12.8. The van der Waals surface area contributed by atoms with Crippen LogP contribution in [0.25, 0.3) is 16.7 Å². The van der Waals surface area contributed by atoms with Crippen LogP contribution in [-0.4, -0.2) is 29.7 Å². The van der Waals surface area contributed by atoms with E-state index in [1.54, 1.807) is 27.2 Å². The van der Waals surface area contributed by atoms with Crippen molar-refractivity contribution in [3.05, 3.63) is 100 Å². The van der Waals surface area contributed by atoms with Gasteiger partial charge in [-0.25, -0.2) is 4.79 Å². The summed E-state index contributed by atoms with van der Waals surface area (Å²) in [6.07, 6.45) is 3.99. The number of esters is 1. The fourth-order valence-electron chi connectivity index (χ4n) is 3.84. The fraction of sp³-hybridized carbons (Fsp3) is 0.167. The Labute approximate surface area is 183 Å². The predicted octanol–water partition coefficient (Wildman–Crippen LogP) is 3.27. The summed E-state index contributed by atoms with van der Waals surface area (Å²) in [5.41, 5.74) is 2.12. The lowest BCUT2D eigenvalue weighted by Gasteiger charge is -2.10. The van der Waals surface area contributed by atoms with Crippen LogP contribution in [-0.2, 0) is 24.4 Å². The molecule has 2 aromatic carbocycles. The van der Waals surface area contributed by atoms with Crippen LogP contribution < -0.4 is 5.56 Å². The summed E-state index contributed by atoms with van der Waals surface area (Å²) in [6.45, 7) is 3.02. The van der Waals surface area contributed by atoms with Crippen molar-refractivity contribution in [2.45, 2.75) is 26.6 Å². The third-order valence-electron chi connectivity index (χ3n) is 5.44. The fourth-order valence-corrected chi connectivity index (χ4v) is 3.84. The molecule has 3 heterocycles. The molecule has 0 unspecified atom stereocenters. The van der Waals surface area contributed by atoms with Gasteiger partial charge in [0.15, 0.2) is 12.4 Å². The highest BCUT2D eigenvalue weighted by molar-refractivity contribution is 5.89. The Morgan fingerprint density at radius 3 is 2.47 bits per heavy atom. The topological polar surface area (TPSA) is 83.4 Å². The van der Waals surface area contributed by atoms with E-state index in [-0.39, 0.29) is 12.2 Å². The molecule has 8 nitrogen and oxygen atoms in total. The summed E-state index contributed by atoms with van der Waals surface area (Å²) in [5, 5.41) is 8.93. The molecule has 0 fully saturated rings. The van der Waals surface area contributed by atoms with Crippen molar-refractivity contribution >= 4 is 22.6 Å². The number of carbonyl (C=O) groups is 1. The maximum absolute atomic E-state index is 12.8. The van der Waals surface area contributed by atoms with Crippen LogP contribution in [0.4, 0.5) is 0 Å². The Morgan fingerprint density at radius 2 is 1.72 bits per heavy atom. The SMILES string of the molecule is CCn1c(=O)c2ccccc2n2c(COC(=O)c3ccc(Cn4cccc4)cc3)nnc12. The number of aryl methyl sites for hydroxylation is 1. The lowest BCUT2D eigenvalue weighted by Crippen LogP contribution is -2.22. The largest absolute Gasteiger partial charge is 0.454 e. The minimum Gasteiger partial charge on any atom is -0.454 e. The summed E-state index contributed by atoms with van der Waals surface area (Å²) in [5.74, 6) is 0.440. The Bertz CT molecular complexity index is 1460. The second kappa shape index (κ2) is 8.14. The minimum absolute atomic E-state index is 0.0585. The molecule has 0 atom stereocenters. The van der Waals surface area contributed by atoms with Crippen molar-refractivity contribution in [2.75, 3.05) is 0 Å². The third kappa shape index (κ3) is 3.45. The van der Waals surface area contributed by atoms with Gasteiger partial charge in [-0.15, -0.1) is 10.2 Å². The quantitative estimate of drug-likeness (QED) is 0.389. The first-order valence-electron chi connectivity index (χ1n) is 10.4. The molecule has 0 aliphatic heterocycles. The van der Waals surface area contributed by atoms with Gasteiger partial charge in [0.1, 0.15) is 0 Å². The zero-order chi connectivity index (χ0) is 22.1. The van der Waals surface area contributed by atoms with Crippen LogP contribution in [0.5, 0.6) is 0 Å². The summed E-state index contributed by atoms with van der Waals surface area (Å²) >= 11 is 0. The van der Waals surface area contributed by atoms with Crippen LogP contribution in [0.1, 0.15) is 28.7 Å². The van der Waals surface area contributed by atoms with Crippen molar-refractivity contribution in [1.29, 1.82) is 0 Å². The van der Waals surface area contributed by atoms with Gasteiger partial charge in [0.25, 0.3) is 5.56 Å². The molecule has 32 heavy (non-hydrogen) atoms. The smallest absolute Gasteiger partial charge is 0.338 e. The lowest BCUT2D eigenvalue weighted by atomic mass is 10.1. The Kier molecular flexibility index (Phi) is 5.03. The molecule has 160 valence electrons. The zero-order valence-corrected chi connectivity index (χ0v) is 17.5. The van der Waals surface area contributed by atoms with Crippen LogP contribution in [0.15, 0.2) is 77.9 Å². The Morgan fingerprint density at radius 1 is 0.969 bits per heavy atom. The van der Waals surface area contributed by atoms with E-state index in [9.17, 15) is 9.59 Å². The van der Waals surface area contributed by atoms with Crippen molar-refractivity contribution in [1.82, 2.24) is 23.7 Å². The molecule has 0 saturated carbocycles. The van der Waals surface area contributed by atoms with Crippen molar-refractivity contribution in [3.8, 4) is 0 Å². The maximum Gasteiger partial charge on any atom is 0.338 e. The molecule has 0 amide bonds. The Hall–Kier alpha value is -4.20. The molecule has 3 aromatic heterocycles. The first-order chi connectivity index (χ1) is 15.7. The normalized spacial score (nSPS) is 11.3. The number of hydrogen-bond acceptors (Lipinski definition) is 5. The van der Waals surface area contributed by atoms with Gasteiger partial charge in [0.05, 0.1) is 16.5 Å². The van der Waals surface area contributed by atoms with E-state index in [2.05, 4.69) is 14.8 Å². The molecule has 0 aliphatic carbocycles.